The first kappa shape index (κ1) is 19.4. The molecule has 0 atom stereocenters. The van der Waals surface area contributed by atoms with Crippen LogP contribution in [0.2, 0.25) is 0 Å². The van der Waals surface area contributed by atoms with E-state index in [1.807, 2.05) is 38.1 Å². The molecule has 0 aliphatic heterocycles. The predicted molar refractivity (Wildman–Crippen MR) is 108 cm³/mol. The zero-order chi connectivity index (χ0) is 20.1. The fraction of sp³-hybridized carbons (Fsp3) is 0.182. The number of aromatic nitrogens is 2. The summed E-state index contributed by atoms with van der Waals surface area (Å²) in [7, 11) is 1.61. The van der Waals surface area contributed by atoms with Gasteiger partial charge in [0.25, 0.3) is 0 Å². The van der Waals surface area contributed by atoms with Crippen molar-refractivity contribution in [3.05, 3.63) is 82.9 Å². The van der Waals surface area contributed by atoms with Gasteiger partial charge in [0.15, 0.2) is 0 Å². The van der Waals surface area contributed by atoms with Gasteiger partial charge in [-0.15, -0.1) is 0 Å². The number of ether oxygens (including phenoxy) is 1. The maximum absolute atomic E-state index is 13.9. The Morgan fingerprint density at radius 3 is 2.57 bits per heavy atom. The van der Waals surface area contributed by atoms with Crippen LogP contribution >= 0.6 is 0 Å². The largest absolute Gasteiger partial charge is 0.497 e. The highest BCUT2D eigenvalue weighted by Crippen LogP contribution is 2.21. The number of carbonyl (C=O) groups excluding carboxylic acids is 1. The summed E-state index contributed by atoms with van der Waals surface area (Å²) in [6, 6.07) is 14.0. The lowest BCUT2D eigenvalue weighted by molar-refractivity contribution is -0.111. The van der Waals surface area contributed by atoms with Gasteiger partial charge in [-0.1, -0.05) is 30.3 Å². The van der Waals surface area contributed by atoms with Gasteiger partial charge in [-0.2, -0.15) is 5.10 Å². The van der Waals surface area contributed by atoms with Crippen molar-refractivity contribution in [2.24, 2.45) is 0 Å². The summed E-state index contributed by atoms with van der Waals surface area (Å²) in [5.41, 5.74) is 3.53. The van der Waals surface area contributed by atoms with Crippen molar-refractivity contribution in [1.82, 2.24) is 9.78 Å². The van der Waals surface area contributed by atoms with Crippen LogP contribution in [0.4, 0.5) is 10.1 Å². The minimum absolute atomic E-state index is 0.257. The van der Waals surface area contributed by atoms with Crippen molar-refractivity contribution in [1.29, 1.82) is 0 Å². The second-order valence-corrected chi connectivity index (χ2v) is 6.39. The second-order valence-electron chi connectivity index (χ2n) is 6.39. The first-order valence-electron chi connectivity index (χ1n) is 8.88. The summed E-state index contributed by atoms with van der Waals surface area (Å²) < 4.78 is 20.7. The minimum atomic E-state index is -0.275. The third-order valence-electron chi connectivity index (χ3n) is 4.45. The number of hydrogen-bond acceptors (Lipinski definition) is 3. The molecule has 3 rings (SSSR count). The lowest BCUT2D eigenvalue weighted by atomic mass is 10.2. The van der Waals surface area contributed by atoms with E-state index in [9.17, 15) is 9.18 Å². The van der Waals surface area contributed by atoms with Gasteiger partial charge in [0.2, 0.25) is 5.91 Å². The van der Waals surface area contributed by atoms with E-state index in [4.69, 9.17) is 4.74 Å². The Bertz CT molecular complexity index is 1010. The van der Waals surface area contributed by atoms with Gasteiger partial charge in [-0.3, -0.25) is 9.48 Å². The Kier molecular flexibility index (Phi) is 5.89. The van der Waals surface area contributed by atoms with Crippen molar-refractivity contribution in [2.75, 3.05) is 12.4 Å². The first-order chi connectivity index (χ1) is 13.5. The Labute approximate surface area is 163 Å². The van der Waals surface area contributed by atoms with E-state index in [1.54, 1.807) is 36.1 Å². The average molecular weight is 379 g/mol. The van der Waals surface area contributed by atoms with Crippen LogP contribution in [0.3, 0.4) is 0 Å². The lowest BCUT2D eigenvalue weighted by Gasteiger charge is -2.07. The van der Waals surface area contributed by atoms with Crippen LogP contribution < -0.4 is 10.1 Å². The van der Waals surface area contributed by atoms with Crippen LogP contribution in [0.15, 0.2) is 54.6 Å². The number of hydrogen-bond donors (Lipinski definition) is 1. The topological polar surface area (TPSA) is 56.1 Å². The molecule has 0 saturated heterocycles. The molecule has 0 aliphatic carbocycles. The van der Waals surface area contributed by atoms with Crippen LogP contribution in [-0.2, 0) is 11.3 Å². The third-order valence-corrected chi connectivity index (χ3v) is 4.45. The molecule has 5 nitrogen and oxygen atoms in total. The number of carbonyl (C=O) groups is 1. The van der Waals surface area contributed by atoms with Gasteiger partial charge in [0.05, 0.1) is 30.7 Å². The van der Waals surface area contributed by atoms with Crippen LogP contribution in [0.5, 0.6) is 5.75 Å². The van der Waals surface area contributed by atoms with Crippen molar-refractivity contribution < 1.29 is 13.9 Å². The molecule has 1 heterocycles. The number of amides is 1. The van der Waals surface area contributed by atoms with Crippen molar-refractivity contribution in [3.63, 3.8) is 0 Å². The summed E-state index contributed by atoms with van der Waals surface area (Å²) in [5.74, 6) is 0.227. The molecular formula is C22H22FN3O2. The minimum Gasteiger partial charge on any atom is -0.497 e. The molecule has 3 aromatic rings. The van der Waals surface area contributed by atoms with E-state index in [2.05, 4.69) is 10.4 Å². The molecule has 0 fully saturated rings. The van der Waals surface area contributed by atoms with E-state index in [0.29, 0.717) is 23.5 Å². The van der Waals surface area contributed by atoms with Crippen molar-refractivity contribution in [3.8, 4) is 5.75 Å². The number of benzene rings is 2. The highest BCUT2D eigenvalue weighted by molar-refractivity contribution is 6.02. The number of nitrogens with one attached hydrogen (secondary N) is 1. The smallest absolute Gasteiger partial charge is 0.248 e. The number of nitrogens with zero attached hydrogens (tertiary/aromatic N) is 2. The van der Waals surface area contributed by atoms with Gasteiger partial charge >= 0.3 is 0 Å². The Morgan fingerprint density at radius 2 is 1.89 bits per heavy atom. The molecule has 144 valence electrons. The molecule has 0 radical (unpaired) electrons. The number of anilines is 1. The molecule has 0 bridgehead atoms. The van der Waals surface area contributed by atoms with E-state index in [0.717, 1.165) is 17.0 Å². The number of methoxy groups -OCH3 is 1. The molecule has 0 unspecified atom stereocenters. The number of halogens is 1. The molecule has 1 aromatic heterocycles. The Balaban J connectivity index is 1.71. The van der Waals surface area contributed by atoms with E-state index < -0.39 is 0 Å². The van der Waals surface area contributed by atoms with Gasteiger partial charge in [-0.25, -0.2) is 4.39 Å². The molecule has 1 N–H and O–H groups in total. The van der Waals surface area contributed by atoms with Crippen LogP contribution in [0.25, 0.3) is 6.08 Å². The zero-order valence-electron chi connectivity index (χ0n) is 16.1. The molecule has 28 heavy (non-hydrogen) atoms. The monoisotopic (exact) mass is 379 g/mol. The van der Waals surface area contributed by atoms with E-state index in [-0.39, 0.29) is 11.7 Å². The van der Waals surface area contributed by atoms with Crippen LogP contribution in [0, 0.1) is 19.7 Å². The fourth-order valence-corrected chi connectivity index (χ4v) is 2.87. The number of rotatable bonds is 6. The summed E-state index contributed by atoms with van der Waals surface area (Å²) in [5, 5.41) is 7.30. The average Bonchev–Trinajstić information content (AvgIpc) is 2.96. The number of aryl methyl sites for hydroxylation is 1. The summed E-state index contributed by atoms with van der Waals surface area (Å²) in [4.78, 5) is 12.3. The molecule has 0 spiro atoms. The van der Waals surface area contributed by atoms with Crippen molar-refractivity contribution >= 4 is 17.7 Å². The normalized spacial score (nSPS) is 11.0. The standard InChI is InChI=1S/C22H22FN3O2/c1-15-22(16(2)26(25-15)14-18-6-4-5-7-20(18)23)24-21(27)13-10-17-8-11-19(28-3)12-9-17/h4-13H,14H2,1-3H3,(H,24,27)/b13-10+. The fourth-order valence-electron chi connectivity index (χ4n) is 2.87. The van der Waals surface area contributed by atoms with Gasteiger partial charge in [0.1, 0.15) is 11.6 Å². The molecule has 0 aliphatic rings. The molecule has 1 amide bonds. The van der Waals surface area contributed by atoms with Gasteiger partial charge < -0.3 is 10.1 Å². The molecule has 6 heteroatoms. The molecule has 2 aromatic carbocycles. The van der Waals surface area contributed by atoms with Gasteiger partial charge in [0, 0.05) is 11.6 Å². The van der Waals surface area contributed by atoms with Gasteiger partial charge in [-0.05, 0) is 43.7 Å². The van der Waals surface area contributed by atoms with Crippen molar-refractivity contribution in [2.45, 2.75) is 20.4 Å². The zero-order valence-corrected chi connectivity index (χ0v) is 16.1. The van der Waals surface area contributed by atoms with Crippen LogP contribution in [0.1, 0.15) is 22.5 Å². The maximum Gasteiger partial charge on any atom is 0.248 e. The second kappa shape index (κ2) is 8.52. The third kappa shape index (κ3) is 4.46. The Hall–Kier alpha value is -3.41. The maximum atomic E-state index is 13.9. The predicted octanol–water partition coefficient (Wildman–Crippen LogP) is 4.35. The molecular weight excluding hydrogens is 357 g/mol. The summed E-state index contributed by atoms with van der Waals surface area (Å²) in [6.07, 6.45) is 3.19. The lowest BCUT2D eigenvalue weighted by Crippen LogP contribution is -2.10. The van der Waals surface area contributed by atoms with Crippen LogP contribution in [-0.4, -0.2) is 22.8 Å². The first-order valence-corrected chi connectivity index (χ1v) is 8.88. The highest BCUT2D eigenvalue weighted by Gasteiger charge is 2.14. The Morgan fingerprint density at radius 1 is 1.18 bits per heavy atom. The quantitative estimate of drug-likeness (QED) is 0.648. The summed E-state index contributed by atoms with van der Waals surface area (Å²) in [6.45, 7) is 3.97. The molecule has 0 saturated carbocycles. The van der Waals surface area contributed by atoms with E-state index >= 15 is 0 Å². The SMILES string of the molecule is COc1ccc(/C=C/C(=O)Nc2c(C)nn(Cc3ccccc3F)c2C)cc1. The van der Waals surface area contributed by atoms with E-state index in [1.165, 1.54) is 12.1 Å². The summed E-state index contributed by atoms with van der Waals surface area (Å²) >= 11 is 0. The highest BCUT2D eigenvalue weighted by atomic mass is 19.1.